The van der Waals surface area contributed by atoms with Gasteiger partial charge in [0.05, 0.1) is 19.0 Å². The molecule has 3 aromatic rings. The molecule has 148 valence electrons. The zero-order chi connectivity index (χ0) is 19.8. The zero-order valence-corrected chi connectivity index (χ0v) is 15.7. The van der Waals surface area contributed by atoms with Crippen LogP contribution in [0.15, 0.2) is 36.9 Å². The van der Waals surface area contributed by atoms with E-state index in [1.807, 2.05) is 31.2 Å². The highest BCUT2D eigenvalue weighted by Crippen LogP contribution is 2.32. The molecule has 0 saturated carbocycles. The highest BCUT2D eigenvalue weighted by Gasteiger charge is 2.44. The molecule has 0 spiro atoms. The average Bonchev–Trinajstić information content (AvgIpc) is 3.24. The molecular weight excluding hydrogens is 386 g/mol. The summed E-state index contributed by atoms with van der Waals surface area (Å²) in [6, 6.07) is 7.43. The Morgan fingerprint density at radius 1 is 1.18 bits per heavy atom. The van der Waals surface area contributed by atoms with Crippen LogP contribution in [0.25, 0.3) is 11.2 Å². The van der Waals surface area contributed by atoms with Crippen molar-refractivity contribution >= 4 is 28.6 Å². The third-order valence-electron chi connectivity index (χ3n) is 4.87. The monoisotopic (exact) mass is 405 g/mol. The van der Waals surface area contributed by atoms with Crippen LogP contribution in [0.1, 0.15) is 24.8 Å². The quantitative estimate of drug-likeness (QED) is 0.500. The largest absolute Gasteiger partial charge is 0.394 e. The van der Waals surface area contributed by atoms with Crippen molar-refractivity contribution in [1.82, 2.24) is 19.5 Å². The van der Waals surface area contributed by atoms with E-state index in [0.29, 0.717) is 22.0 Å². The van der Waals surface area contributed by atoms with Crippen LogP contribution in [0, 0.1) is 0 Å². The van der Waals surface area contributed by atoms with Gasteiger partial charge in [0.15, 0.2) is 23.2 Å². The van der Waals surface area contributed by atoms with Crippen molar-refractivity contribution in [2.24, 2.45) is 0 Å². The van der Waals surface area contributed by atoms with Gasteiger partial charge in [0.1, 0.15) is 24.6 Å². The summed E-state index contributed by atoms with van der Waals surface area (Å²) in [5.74, 6) is 0.526. The average molecular weight is 406 g/mol. The molecule has 5 atom stereocenters. The van der Waals surface area contributed by atoms with Gasteiger partial charge in [-0.05, 0) is 24.6 Å². The maximum atomic E-state index is 10.3. The molecule has 1 aliphatic rings. The molecule has 0 radical (unpaired) electrons. The van der Waals surface area contributed by atoms with Gasteiger partial charge in [-0.2, -0.15) is 0 Å². The number of rotatable bonds is 5. The molecule has 0 amide bonds. The van der Waals surface area contributed by atoms with Gasteiger partial charge in [-0.3, -0.25) is 4.57 Å². The van der Waals surface area contributed by atoms with Gasteiger partial charge >= 0.3 is 0 Å². The van der Waals surface area contributed by atoms with E-state index in [9.17, 15) is 15.3 Å². The molecule has 1 aliphatic heterocycles. The fourth-order valence-electron chi connectivity index (χ4n) is 3.29. The fraction of sp³-hybridized carbons (Fsp3) is 0.389. The first kappa shape index (κ1) is 19.0. The number of aromatic nitrogens is 4. The molecule has 4 unspecified atom stereocenters. The highest BCUT2D eigenvalue weighted by molar-refractivity contribution is 6.30. The Morgan fingerprint density at radius 3 is 2.61 bits per heavy atom. The Balaban J connectivity index is 1.63. The van der Waals surface area contributed by atoms with Gasteiger partial charge in [-0.1, -0.05) is 23.7 Å². The number of anilines is 1. The molecule has 1 fully saturated rings. The van der Waals surface area contributed by atoms with Gasteiger partial charge in [-0.25, -0.2) is 15.0 Å². The van der Waals surface area contributed by atoms with Crippen molar-refractivity contribution in [2.45, 2.75) is 37.5 Å². The molecule has 10 heteroatoms. The first-order chi connectivity index (χ1) is 13.5. The van der Waals surface area contributed by atoms with Crippen molar-refractivity contribution in [3.8, 4) is 0 Å². The molecular formula is C18H20ClN5O4. The van der Waals surface area contributed by atoms with Crippen LogP contribution >= 0.6 is 11.6 Å². The third-order valence-corrected chi connectivity index (χ3v) is 5.13. The normalized spacial score (nSPS) is 25.9. The predicted molar refractivity (Wildman–Crippen MR) is 102 cm³/mol. The molecule has 2 aromatic heterocycles. The summed E-state index contributed by atoms with van der Waals surface area (Å²) in [6.07, 6.45) is -1.34. The van der Waals surface area contributed by atoms with Gasteiger partial charge in [0.25, 0.3) is 0 Å². The lowest BCUT2D eigenvalue weighted by atomic mass is 10.1. The summed E-state index contributed by atoms with van der Waals surface area (Å²) in [6.45, 7) is 1.59. The van der Waals surface area contributed by atoms with Crippen LogP contribution in [0.5, 0.6) is 0 Å². The van der Waals surface area contributed by atoms with Crippen molar-refractivity contribution < 1.29 is 20.1 Å². The van der Waals surface area contributed by atoms with Crippen LogP contribution < -0.4 is 5.32 Å². The van der Waals surface area contributed by atoms with E-state index in [4.69, 9.17) is 16.3 Å². The number of benzene rings is 1. The van der Waals surface area contributed by atoms with E-state index in [1.54, 1.807) is 0 Å². The van der Waals surface area contributed by atoms with Crippen molar-refractivity contribution in [3.05, 3.63) is 47.5 Å². The number of aliphatic hydroxyl groups excluding tert-OH is 3. The number of aliphatic hydroxyl groups is 3. The minimum Gasteiger partial charge on any atom is -0.394 e. The van der Waals surface area contributed by atoms with E-state index < -0.39 is 31.1 Å². The summed E-state index contributed by atoms with van der Waals surface area (Å²) in [7, 11) is 0. The Kier molecular flexibility index (Phi) is 5.17. The number of hydrogen-bond acceptors (Lipinski definition) is 8. The summed E-state index contributed by atoms with van der Waals surface area (Å²) in [5, 5.41) is 33.5. The number of nitrogens with zero attached hydrogens (tertiary/aromatic N) is 4. The number of nitrogens with one attached hydrogen (secondary N) is 1. The highest BCUT2D eigenvalue weighted by atomic mass is 35.5. The van der Waals surface area contributed by atoms with Crippen LogP contribution in [0.4, 0.5) is 5.82 Å². The maximum absolute atomic E-state index is 10.3. The molecule has 28 heavy (non-hydrogen) atoms. The second-order valence-electron chi connectivity index (χ2n) is 6.69. The minimum absolute atomic E-state index is 0.0607. The van der Waals surface area contributed by atoms with Gasteiger partial charge in [0, 0.05) is 5.02 Å². The summed E-state index contributed by atoms with van der Waals surface area (Å²) in [5.41, 5.74) is 1.97. The second kappa shape index (κ2) is 7.61. The standard InChI is InChI=1S/C18H20ClN5O4/c1-9(10-2-4-11(19)5-3-10)23-16-13-17(21-7-20-16)24(8-22-13)18-15(27)14(26)12(6-25)28-18/h2-5,7-9,12,14-15,18,25-27H,6H2,1H3,(H,20,21,23)/t9-,12?,14?,15?,18?/m0/s1. The minimum atomic E-state index is -1.21. The molecule has 4 rings (SSSR count). The van der Waals surface area contributed by atoms with Gasteiger partial charge in [-0.15, -0.1) is 0 Å². The van der Waals surface area contributed by atoms with E-state index in [1.165, 1.54) is 17.2 Å². The summed E-state index contributed by atoms with van der Waals surface area (Å²) >= 11 is 5.94. The van der Waals surface area contributed by atoms with Crippen molar-refractivity contribution in [3.63, 3.8) is 0 Å². The van der Waals surface area contributed by atoms with E-state index in [2.05, 4.69) is 20.3 Å². The summed E-state index contributed by atoms with van der Waals surface area (Å²) < 4.78 is 7.10. The van der Waals surface area contributed by atoms with Crippen LogP contribution in [-0.2, 0) is 4.74 Å². The van der Waals surface area contributed by atoms with Crippen LogP contribution in [0.3, 0.4) is 0 Å². The number of hydrogen-bond donors (Lipinski definition) is 4. The number of ether oxygens (including phenoxy) is 1. The van der Waals surface area contributed by atoms with E-state index in [0.717, 1.165) is 5.56 Å². The number of imidazole rings is 1. The van der Waals surface area contributed by atoms with Crippen LogP contribution in [-0.4, -0.2) is 59.8 Å². The van der Waals surface area contributed by atoms with Gasteiger partial charge < -0.3 is 25.4 Å². The summed E-state index contributed by atoms with van der Waals surface area (Å²) in [4.78, 5) is 12.9. The lowest BCUT2D eigenvalue weighted by molar-refractivity contribution is -0.0511. The molecule has 1 saturated heterocycles. The Bertz CT molecular complexity index is 966. The lowest BCUT2D eigenvalue weighted by Gasteiger charge is -2.17. The maximum Gasteiger partial charge on any atom is 0.167 e. The molecule has 3 heterocycles. The molecule has 0 aliphatic carbocycles. The number of halogens is 1. The van der Waals surface area contributed by atoms with Crippen LogP contribution in [0.2, 0.25) is 5.02 Å². The van der Waals surface area contributed by atoms with Gasteiger partial charge in [0.2, 0.25) is 0 Å². The van der Waals surface area contributed by atoms with E-state index >= 15 is 0 Å². The predicted octanol–water partition coefficient (Wildman–Crippen LogP) is 1.26. The Morgan fingerprint density at radius 2 is 1.93 bits per heavy atom. The lowest BCUT2D eigenvalue weighted by Crippen LogP contribution is -2.33. The Labute approximate surface area is 165 Å². The molecule has 0 bridgehead atoms. The molecule has 1 aromatic carbocycles. The SMILES string of the molecule is C[C@H](Nc1ncnc2c1ncn2C1OC(CO)C(O)C1O)c1ccc(Cl)cc1. The van der Waals surface area contributed by atoms with Crippen molar-refractivity contribution in [2.75, 3.05) is 11.9 Å². The smallest absolute Gasteiger partial charge is 0.167 e. The molecule has 4 N–H and O–H groups in total. The first-order valence-electron chi connectivity index (χ1n) is 8.81. The number of fused-ring (bicyclic) bond motifs is 1. The molecule has 9 nitrogen and oxygen atoms in total. The third kappa shape index (κ3) is 3.31. The van der Waals surface area contributed by atoms with Crippen molar-refractivity contribution in [1.29, 1.82) is 0 Å². The fourth-order valence-corrected chi connectivity index (χ4v) is 3.42. The zero-order valence-electron chi connectivity index (χ0n) is 15.0. The topological polar surface area (TPSA) is 126 Å². The van der Waals surface area contributed by atoms with E-state index in [-0.39, 0.29) is 6.04 Å². The Hall–Kier alpha value is -2.30. The second-order valence-corrected chi connectivity index (χ2v) is 7.13. The first-order valence-corrected chi connectivity index (χ1v) is 9.19.